The number of methoxy groups -OCH3 is 1. The van der Waals surface area contributed by atoms with Crippen LogP contribution in [0.1, 0.15) is 20.8 Å². The summed E-state index contributed by atoms with van der Waals surface area (Å²) < 4.78 is 4.92. The highest BCUT2D eigenvalue weighted by Gasteiger charge is 2.34. The Labute approximate surface area is 110 Å². The van der Waals surface area contributed by atoms with Gasteiger partial charge in [0, 0.05) is 0 Å². The Kier molecular flexibility index (Phi) is 4.32. The molecule has 0 radical (unpaired) electrons. The van der Waals surface area contributed by atoms with E-state index in [0.717, 1.165) is 0 Å². The minimum absolute atomic E-state index is 0.102. The Balaban J connectivity index is 2.86. The zero-order chi connectivity index (χ0) is 13.2. The molecule has 0 unspecified atom stereocenters. The lowest BCUT2D eigenvalue weighted by atomic mass is 9.96. The third-order valence-corrected chi connectivity index (χ3v) is 3.33. The van der Waals surface area contributed by atoms with Gasteiger partial charge in [0.2, 0.25) is 0 Å². The summed E-state index contributed by atoms with van der Waals surface area (Å²) in [5.41, 5.74) is -0.102. The van der Waals surface area contributed by atoms with Gasteiger partial charge in [0.05, 0.1) is 12.0 Å². The minimum Gasteiger partial charge on any atom is -0.468 e. The first-order chi connectivity index (χ1) is 7.74. The van der Waals surface area contributed by atoms with Crippen molar-refractivity contribution in [2.75, 3.05) is 13.7 Å². The van der Waals surface area contributed by atoms with Crippen LogP contribution in [-0.4, -0.2) is 34.8 Å². The Morgan fingerprint density at radius 3 is 2.59 bits per heavy atom. The second-order valence-electron chi connectivity index (χ2n) is 4.71. The second-order valence-corrected chi connectivity index (χ2v) is 6.39. The summed E-state index contributed by atoms with van der Waals surface area (Å²) in [4.78, 5) is 25.0. The monoisotopic (exact) mass is 273 g/mol. The molecule has 0 aromatic heterocycles. The van der Waals surface area contributed by atoms with Crippen LogP contribution < -0.4 is 0 Å². The molecule has 1 aliphatic rings. The van der Waals surface area contributed by atoms with Gasteiger partial charge in [0.15, 0.2) is 0 Å². The van der Waals surface area contributed by atoms with E-state index in [2.05, 4.69) is 4.74 Å². The number of allylic oxidation sites excluding steroid dienone is 1. The molecule has 0 spiro atoms. The molecule has 1 heterocycles. The van der Waals surface area contributed by atoms with Crippen molar-refractivity contribution in [3.8, 4) is 0 Å². The molecule has 1 amide bonds. The Hall–Kier alpha value is -0.880. The summed E-state index contributed by atoms with van der Waals surface area (Å²) in [5, 5.41) is 0. The Bertz CT molecular complexity index is 396. The van der Waals surface area contributed by atoms with E-state index in [-0.39, 0.29) is 17.9 Å². The lowest BCUT2D eigenvalue weighted by Gasteiger charge is -2.13. The van der Waals surface area contributed by atoms with Crippen molar-refractivity contribution in [1.82, 2.24) is 4.90 Å². The third-order valence-electron chi connectivity index (χ3n) is 1.95. The fraction of sp³-hybridized carbons (Fsp3) is 0.545. The molecule has 0 aromatic rings. The average molecular weight is 273 g/mol. The summed E-state index contributed by atoms with van der Waals surface area (Å²) >= 11 is 6.29. The normalized spacial score (nSPS) is 19.1. The van der Waals surface area contributed by atoms with Crippen LogP contribution in [0.25, 0.3) is 0 Å². The summed E-state index contributed by atoms with van der Waals surface area (Å²) in [7, 11) is 1.28. The van der Waals surface area contributed by atoms with E-state index in [1.165, 1.54) is 23.8 Å². The van der Waals surface area contributed by atoms with Gasteiger partial charge >= 0.3 is 5.97 Å². The van der Waals surface area contributed by atoms with Crippen LogP contribution in [0, 0.1) is 5.41 Å². The number of carbonyl (C=O) groups excluding carboxylic acids is 2. The first-order valence-corrected chi connectivity index (χ1v) is 6.30. The zero-order valence-electron chi connectivity index (χ0n) is 10.3. The van der Waals surface area contributed by atoms with Gasteiger partial charge in [-0.1, -0.05) is 50.8 Å². The van der Waals surface area contributed by atoms with Crippen LogP contribution in [0.15, 0.2) is 11.0 Å². The maximum Gasteiger partial charge on any atom is 0.325 e. The molecule has 0 N–H and O–H groups in total. The molecular weight excluding hydrogens is 258 g/mol. The topological polar surface area (TPSA) is 46.6 Å². The SMILES string of the molecule is COC(=O)CN1C(=O)/C(=C/C(C)(C)C)SC1=S. The molecule has 6 heteroatoms. The first kappa shape index (κ1) is 14.2. The van der Waals surface area contributed by atoms with E-state index in [1.54, 1.807) is 0 Å². The van der Waals surface area contributed by atoms with E-state index < -0.39 is 5.97 Å². The summed E-state index contributed by atoms with van der Waals surface area (Å²) in [5.74, 6) is -0.696. The van der Waals surface area contributed by atoms with Crippen LogP contribution in [0.3, 0.4) is 0 Å². The van der Waals surface area contributed by atoms with Crippen molar-refractivity contribution in [3.63, 3.8) is 0 Å². The molecule has 0 bridgehead atoms. The fourth-order valence-corrected chi connectivity index (χ4v) is 2.70. The van der Waals surface area contributed by atoms with Crippen LogP contribution in [0.5, 0.6) is 0 Å². The predicted octanol–water partition coefficient (Wildman–Crippen LogP) is 1.95. The van der Waals surface area contributed by atoms with E-state index in [4.69, 9.17) is 12.2 Å². The molecule has 4 nitrogen and oxygen atoms in total. The number of thiocarbonyl (C=S) groups is 1. The van der Waals surface area contributed by atoms with Crippen LogP contribution in [0.4, 0.5) is 0 Å². The summed E-state index contributed by atoms with van der Waals surface area (Å²) in [6.45, 7) is 5.88. The lowest BCUT2D eigenvalue weighted by Crippen LogP contribution is -2.34. The van der Waals surface area contributed by atoms with E-state index in [0.29, 0.717) is 9.23 Å². The number of ether oxygens (including phenoxy) is 1. The van der Waals surface area contributed by atoms with Gasteiger partial charge in [-0.3, -0.25) is 14.5 Å². The molecule has 17 heavy (non-hydrogen) atoms. The number of nitrogens with zero attached hydrogens (tertiary/aromatic N) is 1. The lowest BCUT2D eigenvalue weighted by molar-refractivity contribution is -0.143. The van der Waals surface area contributed by atoms with E-state index in [9.17, 15) is 9.59 Å². The molecule has 94 valence electrons. The third kappa shape index (κ3) is 3.81. The van der Waals surface area contributed by atoms with Crippen molar-refractivity contribution in [3.05, 3.63) is 11.0 Å². The van der Waals surface area contributed by atoms with E-state index in [1.807, 2.05) is 26.8 Å². The smallest absolute Gasteiger partial charge is 0.325 e. The molecule has 1 aliphatic heterocycles. The Morgan fingerprint density at radius 1 is 1.53 bits per heavy atom. The van der Waals surface area contributed by atoms with Gasteiger partial charge in [0.1, 0.15) is 10.9 Å². The molecule has 0 atom stereocenters. The van der Waals surface area contributed by atoms with Crippen molar-refractivity contribution >= 4 is 40.2 Å². The van der Waals surface area contributed by atoms with Crippen molar-refractivity contribution < 1.29 is 14.3 Å². The van der Waals surface area contributed by atoms with Gasteiger partial charge in [-0.25, -0.2) is 0 Å². The van der Waals surface area contributed by atoms with E-state index >= 15 is 0 Å². The average Bonchev–Trinajstić information content (AvgIpc) is 2.43. The van der Waals surface area contributed by atoms with Crippen LogP contribution in [0.2, 0.25) is 0 Å². The van der Waals surface area contributed by atoms with Gasteiger partial charge < -0.3 is 4.74 Å². The number of carbonyl (C=O) groups is 2. The molecule has 1 rings (SSSR count). The summed E-state index contributed by atoms with van der Waals surface area (Å²) in [6.07, 6.45) is 1.86. The number of amides is 1. The van der Waals surface area contributed by atoms with Gasteiger partial charge in [0.25, 0.3) is 5.91 Å². The van der Waals surface area contributed by atoms with Gasteiger partial charge in [-0.2, -0.15) is 0 Å². The number of hydrogen-bond acceptors (Lipinski definition) is 5. The van der Waals surface area contributed by atoms with Crippen molar-refractivity contribution in [2.45, 2.75) is 20.8 Å². The van der Waals surface area contributed by atoms with Crippen molar-refractivity contribution in [1.29, 1.82) is 0 Å². The Morgan fingerprint density at radius 2 is 2.12 bits per heavy atom. The zero-order valence-corrected chi connectivity index (χ0v) is 11.9. The highest BCUT2D eigenvalue weighted by molar-refractivity contribution is 8.26. The summed E-state index contributed by atoms with van der Waals surface area (Å²) in [6, 6.07) is 0. The fourth-order valence-electron chi connectivity index (χ4n) is 1.22. The molecule has 1 fully saturated rings. The number of rotatable bonds is 2. The highest BCUT2D eigenvalue weighted by Crippen LogP contribution is 2.34. The number of esters is 1. The first-order valence-electron chi connectivity index (χ1n) is 5.08. The minimum atomic E-state index is -0.474. The molecule has 1 saturated heterocycles. The molecular formula is C11H15NO3S2. The van der Waals surface area contributed by atoms with Gasteiger partial charge in [-0.15, -0.1) is 0 Å². The highest BCUT2D eigenvalue weighted by atomic mass is 32.2. The van der Waals surface area contributed by atoms with Crippen LogP contribution in [-0.2, 0) is 14.3 Å². The maximum absolute atomic E-state index is 12.0. The van der Waals surface area contributed by atoms with Gasteiger partial charge in [-0.05, 0) is 5.41 Å². The van der Waals surface area contributed by atoms with Crippen molar-refractivity contribution in [2.24, 2.45) is 5.41 Å². The molecule has 0 saturated carbocycles. The molecule has 0 aliphatic carbocycles. The quantitative estimate of drug-likeness (QED) is 0.437. The number of hydrogen-bond donors (Lipinski definition) is 0. The number of thioether (sulfide) groups is 1. The second kappa shape index (κ2) is 5.18. The van der Waals surface area contributed by atoms with Crippen LogP contribution >= 0.6 is 24.0 Å². The predicted molar refractivity (Wildman–Crippen MR) is 71.5 cm³/mol. The maximum atomic E-state index is 12.0. The molecule has 0 aromatic carbocycles. The standard InChI is InChI=1S/C11H15NO3S2/c1-11(2,3)5-7-9(14)12(10(16)17-7)6-8(13)15-4/h5H,6H2,1-4H3/b7-5-. The largest absolute Gasteiger partial charge is 0.468 e.